The van der Waals surface area contributed by atoms with Crippen molar-refractivity contribution in [3.63, 3.8) is 0 Å². The first kappa shape index (κ1) is 51.4. The second-order valence-electron chi connectivity index (χ2n) is 21.3. The third kappa shape index (κ3) is 10.2. The van der Waals surface area contributed by atoms with Crippen LogP contribution in [0.4, 0.5) is 0 Å². The SMILES string of the molecule is CC(C)[Si](OC[C@H]1OC(C(=O)[C@H]2O[C@@H]3OC(C)(C)O[C@@H]3[C@H]2OCc2ccccc2)=C[C@@H](O[Si](C(C)C)(C(C)C)C(C)C)[C@@H]1O[Si](C(C)C)(C(C)C)C(C)C)(C(C)C)C(C)C. The zero-order chi connectivity index (χ0) is 45.3. The highest BCUT2D eigenvalue weighted by Gasteiger charge is 2.60. The fraction of sp³-hybridized carbons (Fsp3) is 0.812. The summed E-state index contributed by atoms with van der Waals surface area (Å²) in [5.41, 5.74) is 3.95. The number of ether oxygens (including phenoxy) is 5. The average molecular weight is 891 g/mol. The van der Waals surface area contributed by atoms with Gasteiger partial charge in [0.2, 0.25) is 30.7 Å². The number of hydrogen-bond acceptors (Lipinski definition) is 9. The lowest BCUT2D eigenvalue weighted by Crippen LogP contribution is -2.62. The summed E-state index contributed by atoms with van der Waals surface area (Å²) in [4.78, 5) is 15.3. The number of rotatable bonds is 21. The summed E-state index contributed by atoms with van der Waals surface area (Å²) < 4.78 is 55.9. The molecule has 3 aliphatic heterocycles. The number of fused-ring (bicyclic) bond motifs is 1. The molecule has 0 saturated carbocycles. The van der Waals surface area contributed by atoms with Gasteiger partial charge in [-0.2, -0.15) is 0 Å². The molecule has 0 N–H and O–H groups in total. The molecule has 344 valence electrons. The van der Waals surface area contributed by atoms with Gasteiger partial charge in [0.1, 0.15) is 24.4 Å². The second-order valence-corrected chi connectivity index (χ2v) is 37.5. The van der Waals surface area contributed by atoms with Crippen LogP contribution in [0.15, 0.2) is 42.2 Å². The number of ketones is 1. The number of carbonyl (C=O) groups excluding carboxylic acids is 1. The standard InChI is InChI=1S/C48H86O9Si3/c1-29(2)58(30(3)4,31(5)6)51-28-41-43(57-60(35(13)14,36(15)16)37(17)18)40(56-59(32(7)8,33(9)10)34(11)12)26-39(52-41)42(49)44-45(50-27-38-24-22-21-23-25-38)46-47(53-44)55-48(19,20)54-46/h21-26,29-37,40-41,43-47H,27-28H2,1-20H3/t40-,41-,43+,44-,45+,46-,47-/m1/s1. The van der Waals surface area contributed by atoms with Crippen LogP contribution in [0.3, 0.4) is 0 Å². The molecule has 2 saturated heterocycles. The molecule has 3 heterocycles. The Morgan fingerprint density at radius 2 is 1.10 bits per heavy atom. The molecule has 1 aromatic rings. The van der Waals surface area contributed by atoms with Crippen LogP contribution in [0.2, 0.25) is 49.9 Å². The van der Waals surface area contributed by atoms with Crippen LogP contribution in [-0.4, -0.2) is 86.0 Å². The first-order valence-electron chi connectivity index (χ1n) is 23.4. The Balaban J connectivity index is 1.93. The molecule has 3 aliphatic rings. The van der Waals surface area contributed by atoms with Gasteiger partial charge in [0.15, 0.2) is 23.9 Å². The smallest absolute Gasteiger partial charge is 0.228 e. The molecule has 60 heavy (non-hydrogen) atoms. The molecular weight excluding hydrogens is 805 g/mol. The van der Waals surface area contributed by atoms with Crippen molar-refractivity contribution in [3.05, 3.63) is 47.7 Å². The van der Waals surface area contributed by atoms with Gasteiger partial charge in [-0.15, -0.1) is 0 Å². The van der Waals surface area contributed by atoms with Crippen LogP contribution < -0.4 is 0 Å². The zero-order valence-corrected chi connectivity index (χ0v) is 44.3. The van der Waals surface area contributed by atoms with Gasteiger partial charge in [0.25, 0.3) is 0 Å². The van der Waals surface area contributed by atoms with E-state index < -0.39 is 73.7 Å². The zero-order valence-electron chi connectivity index (χ0n) is 41.3. The minimum atomic E-state index is -2.55. The van der Waals surface area contributed by atoms with E-state index in [-0.39, 0.29) is 18.1 Å². The summed E-state index contributed by atoms with van der Waals surface area (Å²) >= 11 is 0. The first-order chi connectivity index (χ1) is 27.8. The molecule has 12 heteroatoms. The topological polar surface area (TPSA) is 90.9 Å². The van der Waals surface area contributed by atoms with Crippen LogP contribution in [0.25, 0.3) is 0 Å². The third-order valence-electron chi connectivity index (χ3n) is 14.4. The van der Waals surface area contributed by atoms with Crippen molar-refractivity contribution in [1.29, 1.82) is 0 Å². The van der Waals surface area contributed by atoms with Gasteiger partial charge in [-0.25, -0.2) is 0 Å². The summed E-state index contributed by atoms with van der Waals surface area (Å²) in [5.74, 6) is -0.986. The summed E-state index contributed by atoms with van der Waals surface area (Å²) in [5, 5.41) is 0. The second kappa shape index (κ2) is 20.3. The lowest BCUT2D eigenvalue weighted by molar-refractivity contribution is -0.218. The Bertz CT molecular complexity index is 1490. The third-order valence-corrected chi connectivity index (χ3v) is 32.6. The van der Waals surface area contributed by atoms with Gasteiger partial charge in [0.05, 0.1) is 19.3 Å². The Morgan fingerprint density at radius 1 is 0.633 bits per heavy atom. The van der Waals surface area contributed by atoms with Crippen LogP contribution in [-0.2, 0) is 48.4 Å². The van der Waals surface area contributed by atoms with E-state index >= 15 is 4.79 Å². The normalized spacial score (nSPS) is 26.5. The molecule has 1 aromatic carbocycles. The highest BCUT2D eigenvalue weighted by Crippen LogP contribution is 2.49. The average Bonchev–Trinajstić information content (AvgIpc) is 3.62. The van der Waals surface area contributed by atoms with E-state index in [1.807, 2.05) is 50.3 Å². The molecule has 2 fully saturated rings. The molecule has 0 radical (unpaired) electrons. The fourth-order valence-corrected chi connectivity index (χ4v) is 28.5. The lowest BCUT2D eigenvalue weighted by atomic mass is 9.99. The van der Waals surface area contributed by atoms with Crippen LogP contribution in [0.1, 0.15) is 144 Å². The van der Waals surface area contributed by atoms with E-state index in [4.69, 9.17) is 37.0 Å². The van der Waals surface area contributed by atoms with Crippen LogP contribution >= 0.6 is 0 Å². The molecule has 0 bridgehead atoms. The minimum absolute atomic E-state index is 0.210. The quantitative estimate of drug-likeness (QED) is 0.112. The Labute approximate surface area is 369 Å². The van der Waals surface area contributed by atoms with E-state index in [0.29, 0.717) is 56.5 Å². The summed E-state index contributed by atoms with van der Waals surface area (Å²) in [6.07, 6.45) is -2.86. The lowest BCUT2D eigenvalue weighted by Gasteiger charge is -2.52. The molecule has 9 nitrogen and oxygen atoms in total. The molecule has 4 rings (SSSR count). The minimum Gasteiger partial charge on any atom is -0.482 e. The Kier molecular flexibility index (Phi) is 17.4. The highest BCUT2D eigenvalue weighted by atomic mass is 28.4. The van der Waals surface area contributed by atoms with Crippen molar-refractivity contribution in [2.45, 2.75) is 244 Å². The maximum Gasteiger partial charge on any atom is 0.228 e. The summed E-state index contributed by atoms with van der Waals surface area (Å²) in [6, 6.07) is 9.96. The first-order valence-corrected chi connectivity index (χ1v) is 29.8. The summed E-state index contributed by atoms with van der Waals surface area (Å²) in [7, 11) is -7.47. The Morgan fingerprint density at radius 3 is 1.57 bits per heavy atom. The van der Waals surface area contributed by atoms with E-state index in [0.717, 1.165) is 5.56 Å². The maximum absolute atomic E-state index is 15.3. The van der Waals surface area contributed by atoms with Gasteiger partial charge in [-0.3, -0.25) is 4.79 Å². The van der Waals surface area contributed by atoms with Gasteiger partial charge >= 0.3 is 0 Å². The summed E-state index contributed by atoms with van der Waals surface area (Å²) in [6.45, 7) is 45.9. The van der Waals surface area contributed by atoms with E-state index in [1.54, 1.807) is 0 Å². The van der Waals surface area contributed by atoms with Crippen LogP contribution in [0.5, 0.6) is 0 Å². The molecular formula is C48H86O9Si3. The van der Waals surface area contributed by atoms with E-state index in [2.05, 4.69) is 125 Å². The fourth-order valence-electron chi connectivity index (χ4n) is 12.0. The number of Topliss-reactive ketones (excluding diaryl/α,β-unsaturated/α-hetero) is 1. The van der Waals surface area contributed by atoms with Crippen molar-refractivity contribution in [2.75, 3.05) is 6.61 Å². The predicted molar refractivity (Wildman–Crippen MR) is 251 cm³/mol. The van der Waals surface area contributed by atoms with Gasteiger partial charge in [-0.05, 0) is 75.4 Å². The van der Waals surface area contributed by atoms with Crippen molar-refractivity contribution in [3.8, 4) is 0 Å². The molecule has 0 unspecified atom stereocenters. The largest absolute Gasteiger partial charge is 0.482 e. The van der Waals surface area contributed by atoms with Crippen molar-refractivity contribution < 1.29 is 41.8 Å². The molecule has 7 atom stereocenters. The molecule has 0 spiro atoms. The number of benzene rings is 1. The van der Waals surface area contributed by atoms with Gasteiger partial charge < -0.3 is 37.0 Å². The maximum atomic E-state index is 15.3. The van der Waals surface area contributed by atoms with Crippen LogP contribution in [0, 0.1) is 0 Å². The van der Waals surface area contributed by atoms with E-state index in [1.165, 1.54) is 0 Å². The highest BCUT2D eigenvalue weighted by molar-refractivity contribution is 6.78. The van der Waals surface area contributed by atoms with Crippen molar-refractivity contribution in [1.82, 2.24) is 0 Å². The van der Waals surface area contributed by atoms with Crippen molar-refractivity contribution >= 4 is 30.7 Å². The number of carbonyl (C=O) groups is 1. The van der Waals surface area contributed by atoms with Gasteiger partial charge in [-0.1, -0.05) is 155 Å². The molecule has 0 aliphatic carbocycles. The van der Waals surface area contributed by atoms with E-state index in [9.17, 15) is 0 Å². The van der Waals surface area contributed by atoms with Crippen molar-refractivity contribution in [2.24, 2.45) is 0 Å². The molecule has 0 amide bonds. The van der Waals surface area contributed by atoms with Gasteiger partial charge in [0, 0.05) is 0 Å². The predicted octanol–water partition coefficient (Wildman–Crippen LogP) is 12.6. The number of hydrogen-bond donors (Lipinski definition) is 0. The molecule has 0 aromatic heterocycles. The monoisotopic (exact) mass is 891 g/mol. The Hall–Kier alpha value is -1.20.